The summed E-state index contributed by atoms with van der Waals surface area (Å²) in [6, 6.07) is 3.55. The lowest BCUT2D eigenvalue weighted by molar-refractivity contribution is 0.327. The number of hydrogen-bond acceptors (Lipinski definition) is 5. The van der Waals surface area contributed by atoms with Crippen molar-refractivity contribution in [1.82, 2.24) is 4.98 Å². The van der Waals surface area contributed by atoms with E-state index < -0.39 is 0 Å². The van der Waals surface area contributed by atoms with Gasteiger partial charge in [-0.05, 0) is 25.5 Å². The van der Waals surface area contributed by atoms with Crippen LogP contribution in [0.1, 0.15) is 12.0 Å². The Balaban J connectivity index is 2.72. The van der Waals surface area contributed by atoms with Crippen molar-refractivity contribution in [3.05, 3.63) is 28.0 Å². The molecule has 3 N–H and O–H groups in total. The number of aryl methyl sites for hydroxylation is 1. The first kappa shape index (κ1) is 15.2. The van der Waals surface area contributed by atoms with Crippen molar-refractivity contribution in [3.63, 3.8) is 0 Å². The fraction of sp³-hybridized carbons (Fsp3) is 0.400. The summed E-state index contributed by atoms with van der Waals surface area (Å²) in [7, 11) is 4.64. The molecule has 0 aliphatic carbocycles. The summed E-state index contributed by atoms with van der Waals surface area (Å²) in [6.07, 6.45) is 1.38. The average molecular weight is 292 g/mol. The van der Waals surface area contributed by atoms with Gasteiger partial charge >= 0.3 is 0 Å². The predicted octanol–water partition coefficient (Wildman–Crippen LogP) is 1.45. The molecule has 6 nitrogen and oxygen atoms in total. The molecule has 0 atom stereocenters. The van der Waals surface area contributed by atoms with Crippen LogP contribution in [0, 0.1) is 0 Å². The second-order valence-corrected chi connectivity index (χ2v) is 4.62. The molecule has 0 radical (unpaired) electrons. The number of fused-ring (bicyclic) bond motifs is 1. The Morgan fingerprint density at radius 3 is 2.38 bits per heavy atom. The number of benzene rings is 1. The van der Waals surface area contributed by atoms with Gasteiger partial charge < -0.3 is 24.9 Å². The quantitative estimate of drug-likeness (QED) is 0.841. The summed E-state index contributed by atoms with van der Waals surface area (Å²) >= 11 is 0. The number of hydrogen-bond donors (Lipinski definition) is 2. The molecule has 1 aromatic heterocycles. The SMILES string of the molecule is COc1cc2[nH]c(=O)c(CCCN)cc2c(OC)c1OC. The Bertz CT molecular complexity index is 694. The smallest absolute Gasteiger partial charge is 0.251 e. The van der Waals surface area contributed by atoms with E-state index in [9.17, 15) is 4.79 Å². The van der Waals surface area contributed by atoms with E-state index in [4.69, 9.17) is 19.9 Å². The minimum atomic E-state index is -0.120. The number of nitrogens with one attached hydrogen (secondary N) is 1. The van der Waals surface area contributed by atoms with E-state index in [-0.39, 0.29) is 5.56 Å². The molecular formula is C15H20N2O4. The molecule has 2 rings (SSSR count). The van der Waals surface area contributed by atoms with Gasteiger partial charge in [0.25, 0.3) is 5.56 Å². The first-order valence-corrected chi connectivity index (χ1v) is 6.71. The summed E-state index contributed by atoms with van der Waals surface area (Å²) in [6.45, 7) is 0.542. The van der Waals surface area contributed by atoms with Crippen LogP contribution in [-0.4, -0.2) is 32.9 Å². The van der Waals surface area contributed by atoms with Gasteiger partial charge in [-0.3, -0.25) is 4.79 Å². The molecule has 0 saturated carbocycles. The predicted molar refractivity (Wildman–Crippen MR) is 81.6 cm³/mol. The van der Waals surface area contributed by atoms with Crippen LogP contribution < -0.4 is 25.5 Å². The monoisotopic (exact) mass is 292 g/mol. The van der Waals surface area contributed by atoms with Crippen molar-refractivity contribution in [3.8, 4) is 17.2 Å². The Kier molecular flexibility index (Phi) is 4.70. The third kappa shape index (κ3) is 2.80. The third-order valence-electron chi connectivity index (χ3n) is 3.38. The second kappa shape index (κ2) is 6.49. The molecule has 0 aliphatic heterocycles. The topological polar surface area (TPSA) is 86.6 Å². The molecule has 0 spiro atoms. The molecule has 21 heavy (non-hydrogen) atoms. The summed E-state index contributed by atoms with van der Waals surface area (Å²) in [5.74, 6) is 1.55. The van der Waals surface area contributed by atoms with Crippen molar-refractivity contribution in [1.29, 1.82) is 0 Å². The van der Waals surface area contributed by atoms with Crippen LogP contribution in [0.15, 0.2) is 16.9 Å². The van der Waals surface area contributed by atoms with Crippen LogP contribution in [0.2, 0.25) is 0 Å². The fourth-order valence-corrected chi connectivity index (χ4v) is 2.35. The standard InChI is InChI=1S/C15H20N2O4/c1-19-12-8-11-10(13(20-2)14(12)21-3)7-9(5-4-6-16)15(18)17-11/h7-8H,4-6,16H2,1-3H3,(H,17,18). The Labute approximate surface area is 122 Å². The average Bonchev–Trinajstić information content (AvgIpc) is 2.50. The van der Waals surface area contributed by atoms with E-state index >= 15 is 0 Å². The van der Waals surface area contributed by atoms with Crippen molar-refractivity contribution in [2.75, 3.05) is 27.9 Å². The molecule has 0 aliphatic rings. The maximum atomic E-state index is 12.1. The van der Waals surface area contributed by atoms with Crippen LogP contribution in [-0.2, 0) is 6.42 Å². The van der Waals surface area contributed by atoms with Crippen LogP contribution in [0.4, 0.5) is 0 Å². The maximum absolute atomic E-state index is 12.1. The molecule has 114 valence electrons. The van der Waals surface area contributed by atoms with Gasteiger partial charge in [-0.25, -0.2) is 0 Å². The number of rotatable bonds is 6. The first-order valence-electron chi connectivity index (χ1n) is 6.71. The van der Waals surface area contributed by atoms with Crippen molar-refractivity contribution < 1.29 is 14.2 Å². The van der Waals surface area contributed by atoms with Gasteiger partial charge in [0, 0.05) is 17.0 Å². The summed E-state index contributed by atoms with van der Waals surface area (Å²) in [4.78, 5) is 14.9. The van der Waals surface area contributed by atoms with E-state index in [1.807, 2.05) is 6.07 Å². The highest BCUT2D eigenvalue weighted by atomic mass is 16.5. The normalized spacial score (nSPS) is 10.7. The van der Waals surface area contributed by atoms with E-state index in [1.54, 1.807) is 20.3 Å². The lowest BCUT2D eigenvalue weighted by atomic mass is 10.1. The van der Waals surface area contributed by atoms with Gasteiger partial charge in [0.1, 0.15) is 0 Å². The van der Waals surface area contributed by atoms with E-state index in [1.165, 1.54) is 7.11 Å². The Morgan fingerprint density at radius 1 is 1.10 bits per heavy atom. The highest BCUT2D eigenvalue weighted by molar-refractivity contribution is 5.90. The maximum Gasteiger partial charge on any atom is 0.251 e. The minimum Gasteiger partial charge on any atom is -0.493 e. The van der Waals surface area contributed by atoms with Gasteiger partial charge in [0.2, 0.25) is 5.75 Å². The summed E-state index contributed by atoms with van der Waals surface area (Å²) < 4.78 is 16.1. The molecule has 0 bridgehead atoms. The molecule has 0 saturated heterocycles. The highest BCUT2D eigenvalue weighted by Crippen LogP contribution is 2.42. The fourth-order valence-electron chi connectivity index (χ4n) is 2.35. The van der Waals surface area contributed by atoms with Gasteiger partial charge in [-0.2, -0.15) is 0 Å². The van der Waals surface area contributed by atoms with Gasteiger partial charge in [-0.1, -0.05) is 0 Å². The zero-order valence-corrected chi connectivity index (χ0v) is 12.5. The number of ether oxygens (including phenoxy) is 3. The van der Waals surface area contributed by atoms with Crippen molar-refractivity contribution in [2.24, 2.45) is 5.73 Å². The van der Waals surface area contributed by atoms with Crippen LogP contribution in [0.3, 0.4) is 0 Å². The highest BCUT2D eigenvalue weighted by Gasteiger charge is 2.17. The molecule has 1 aromatic carbocycles. The number of methoxy groups -OCH3 is 3. The number of pyridine rings is 1. The zero-order valence-electron chi connectivity index (χ0n) is 12.5. The van der Waals surface area contributed by atoms with E-state index in [2.05, 4.69) is 4.98 Å². The van der Waals surface area contributed by atoms with E-state index in [0.717, 1.165) is 11.8 Å². The van der Waals surface area contributed by atoms with Crippen LogP contribution >= 0.6 is 0 Å². The molecule has 6 heteroatoms. The number of nitrogens with two attached hydrogens (primary N) is 1. The molecular weight excluding hydrogens is 272 g/mol. The molecule has 2 aromatic rings. The van der Waals surface area contributed by atoms with Gasteiger partial charge in [0.15, 0.2) is 11.5 Å². The zero-order chi connectivity index (χ0) is 15.4. The third-order valence-corrected chi connectivity index (χ3v) is 3.38. The first-order chi connectivity index (χ1) is 10.2. The van der Waals surface area contributed by atoms with Gasteiger partial charge in [0.05, 0.1) is 26.8 Å². The molecule has 0 amide bonds. The van der Waals surface area contributed by atoms with Crippen molar-refractivity contribution >= 4 is 10.9 Å². The summed E-state index contributed by atoms with van der Waals surface area (Å²) in [5, 5.41) is 0.779. The molecule has 0 unspecified atom stereocenters. The largest absolute Gasteiger partial charge is 0.493 e. The van der Waals surface area contributed by atoms with Gasteiger partial charge in [-0.15, -0.1) is 0 Å². The van der Waals surface area contributed by atoms with E-state index in [0.29, 0.717) is 41.3 Å². The molecule has 1 heterocycles. The van der Waals surface area contributed by atoms with Crippen LogP contribution in [0.25, 0.3) is 10.9 Å². The van der Waals surface area contributed by atoms with Crippen LogP contribution in [0.5, 0.6) is 17.2 Å². The number of aromatic amines is 1. The minimum absolute atomic E-state index is 0.120. The summed E-state index contributed by atoms with van der Waals surface area (Å²) in [5.41, 5.74) is 6.71. The number of H-pyrrole nitrogens is 1. The van der Waals surface area contributed by atoms with Crippen molar-refractivity contribution in [2.45, 2.75) is 12.8 Å². The Morgan fingerprint density at radius 2 is 1.81 bits per heavy atom. The molecule has 0 fully saturated rings. The lowest BCUT2D eigenvalue weighted by Gasteiger charge is -2.15. The lowest BCUT2D eigenvalue weighted by Crippen LogP contribution is -2.14. The Hall–Kier alpha value is -2.21. The number of aromatic nitrogens is 1. The second-order valence-electron chi connectivity index (χ2n) is 4.62.